The molecule has 1 amide bonds. The number of aryl methyl sites for hydroxylation is 2. The van der Waals surface area contributed by atoms with Crippen LogP contribution >= 0.6 is 0 Å². The molecule has 0 unspecified atom stereocenters. The van der Waals surface area contributed by atoms with Crippen molar-refractivity contribution in [3.05, 3.63) is 88.0 Å². The number of ether oxygens (including phenoxy) is 2. The van der Waals surface area contributed by atoms with Crippen molar-refractivity contribution in [2.75, 3.05) is 7.11 Å². The van der Waals surface area contributed by atoms with Crippen LogP contribution in [0.5, 0.6) is 5.75 Å². The van der Waals surface area contributed by atoms with E-state index in [1.165, 1.54) is 4.90 Å². The molecule has 3 aromatic carbocycles. The van der Waals surface area contributed by atoms with Crippen molar-refractivity contribution in [2.24, 2.45) is 0 Å². The number of alkyl halides is 3. The van der Waals surface area contributed by atoms with Crippen molar-refractivity contribution in [3.8, 4) is 16.9 Å². The highest BCUT2D eigenvalue weighted by Crippen LogP contribution is 2.42. The van der Waals surface area contributed by atoms with E-state index in [0.29, 0.717) is 22.8 Å². The largest absolute Gasteiger partial charge is 0.496 e. The Balaban J connectivity index is 1.72. The lowest BCUT2D eigenvalue weighted by atomic mass is 9.89. The van der Waals surface area contributed by atoms with Gasteiger partial charge in [0.25, 0.3) is 0 Å². The van der Waals surface area contributed by atoms with Crippen LogP contribution in [0.1, 0.15) is 66.2 Å². The molecule has 0 bridgehead atoms. The molecule has 0 aliphatic carbocycles. The molecule has 1 saturated heterocycles. The lowest BCUT2D eigenvalue weighted by Gasteiger charge is -2.24. The van der Waals surface area contributed by atoms with Crippen LogP contribution in [-0.4, -0.2) is 24.1 Å². The van der Waals surface area contributed by atoms with Crippen molar-refractivity contribution < 1.29 is 27.4 Å². The number of benzene rings is 3. The molecule has 1 aliphatic heterocycles. The van der Waals surface area contributed by atoms with Gasteiger partial charge in [-0.3, -0.25) is 4.90 Å². The molecule has 3 aromatic rings. The molecule has 0 aromatic heterocycles. The summed E-state index contributed by atoms with van der Waals surface area (Å²) in [5.74, 6) is 1.02. The number of rotatable bonds is 6. The van der Waals surface area contributed by atoms with Crippen molar-refractivity contribution in [2.45, 2.75) is 65.4 Å². The number of nitrogens with zero attached hydrogens (tertiary/aromatic N) is 1. The first-order chi connectivity index (χ1) is 17.4. The normalized spacial score (nSPS) is 17.9. The van der Waals surface area contributed by atoms with Crippen LogP contribution in [-0.2, 0) is 17.5 Å². The average Bonchev–Trinajstić information content (AvgIpc) is 3.11. The van der Waals surface area contributed by atoms with Crippen LogP contribution < -0.4 is 4.74 Å². The number of methoxy groups -OCH3 is 1. The highest BCUT2D eigenvalue weighted by Gasteiger charge is 2.41. The quantitative estimate of drug-likeness (QED) is 0.335. The first kappa shape index (κ1) is 26.6. The topological polar surface area (TPSA) is 38.8 Å². The van der Waals surface area contributed by atoms with Gasteiger partial charge in [-0.1, -0.05) is 55.3 Å². The Kier molecular flexibility index (Phi) is 7.27. The number of halogens is 3. The van der Waals surface area contributed by atoms with E-state index in [1.54, 1.807) is 20.1 Å². The monoisotopic (exact) mass is 511 g/mol. The van der Waals surface area contributed by atoms with E-state index >= 15 is 0 Å². The molecule has 2 atom stereocenters. The summed E-state index contributed by atoms with van der Waals surface area (Å²) >= 11 is 0. The third-order valence-electron chi connectivity index (χ3n) is 6.90. The van der Waals surface area contributed by atoms with E-state index in [2.05, 4.69) is 19.9 Å². The fourth-order valence-electron chi connectivity index (χ4n) is 4.91. The molecular formula is C30H32F3NO3. The second-order valence-electron chi connectivity index (χ2n) is 10.1. The molecule has 0 radical (unpaired) electrons. The summed E-state index contributed by atoms with van der Waals surface area (Å²) in [6.07, 6.45) is -5.61. The van der Waals surface area contributed by atoms with Gasteiger partial charge in [0.1, 0.15) is 11.9 Å². The van der Waals surface area contributed by atoms with Crippen molar-refractivity contribution in [1.82, 2.24) is 4.90 Å². The van der Waals surface area contributed by atoms with Crippen LogP contribution in [0.15, 0.2) is 54.6 Å². The maximum atomic E-state index is 13.4. The third-order valence-corrected chi connectivity index (χ3v) is 6.90. The van der Waals surface area contributed by atoms with Gasteiger partial charge in [-0.2, -0.15) is 13.2 Å². The maximum absolute atomic E-state index is 13.4. The zero-order chi connectivity index (χ0) is 27.1. The first-order valence-electron chi connectivity index (χ1n) is 12.3. The van der Waals surface area contributed by atoms with Gasteiger partial charge in [0.15, 0.2) is 0 Å². The Hall–Kier alpha value is -3.48. The van der Waals surface area contributed by atoms with Gasteiger partial charge in [0, 0.05) is 17.7 Å². The minimum atomic E-state index is -4.46. The Morgan fingerprint density at radius 2 is 1.70 bits per heavy atom. The van der Waals surface area contributed by atoms with Crippen molar-refractivity contribution in [1.29, 1.82) is 0 Å². The smallest absolute Gasteiger partial charge is 0.416 e. The average molecular weight is 512 g/mol. The molecule has 0 saturated carbocycles. The van der Waals surface area contributed by atoms with E-state index in [1.807, 2.05) is 44.2 Å². The van der Waals surface area contributed by atoms with Gasteiger partial charge in [-0.05, 0) is 67.6 Å². The van der Waals surface area contributed by atoms with E-state index < -0.39 is 30.0 Å². The fraction of sp³-hybridized carbons (Fsp3) is 0.367. The molecule has 0 spiro atoms. The predicted octanol–water partition coefficient (Wildman–Crippen LogP) is 8.20. The molecule has 1 fully saturated rings. The molecule has 196 valence electrons. The van der Waals surface area contributed by atoms with Crippen molar-refractivity contribution >= 4 is 6.09 Å². The van der Waals surface area contributed by atoms with Crippen LogP contribution in [0.25, 0.3) is 11.1 Å². The number of carbonyl (C=O) groups is 1. The van der Waals surface area contributed by atoms with Gasteiger partial charge in [-0.25, -0.2) is 4.79 Å². The summed E-state index contributed by atoms with van der Waals surface area (Å²) < 4.78 is 51.6. The van der Waals surface area contributed by atoms with Crippen LogP contribution in [0.2, 0.25) is 0 Å². The van der Waals surface area contributed by atoms with Gasteiger partial charge in [0.2, 0.25) is 0 Å². The number of hydrogen-bond acceptors (Lipinski definition) is 3. The summed E-state index contributed by atoms with van der Waals surface area (Å²) in [6, 6.07) is 15.6. The molecule has 37 heavy (non-hydrogen) atoms. The lowest BCUT2D eigenvalue weighted by Crippen LogP contribution is -2.31. The molecule has 4 rings (SSSR count). The van der Waals surface area contributed by atoms with E-state index in [-0.39, 0.29) is 6.54 Å². The predicted molar refractivity (Wildman–Crippen MR) is 138 cm³/mol. The van der Waals surface area contributed by atoms with E-state index in [9.17, 15) is 18.0 Å². The molecule has 4 nitrogen and oxygen atoms in total. The second kappa shape index (κ2) is 10.1. The molecular weight excluding hydrogens is 479 g/mol. The van der Waals surface area contributed by atoms with Crippen molar-refractivity contribution in [3.63, 3.8) is 0 Å². The van der Waals surface area contributed by atoms with Gasteiger partial charge >= 0.3 is 12.3 Å². The molecule has 1 aliphatic rings. The Bertz CT molecular complexity index is 1320. The fourth-order valence-corrected chi connectivity index (χ4v) is 4.91. The maximum Gasteiger partial charge on any atom is 0.416 e. The second-order valence-corrected chi connectivity index (χ2v) is 10.1. The molecule has 1 heterocycles. The number of cyclic esters (lactones) is 1. The zero-order valence-electron chi connectivity index (χ0n) is 21.9. The summed E-state index contributed by atoms with van der Waals surface area (Å²) in [6.45, 7) is 9.72. The SMILES string of the molecule is COc1ccc(C(C)C)cc1-c1ccc(C)cc1[C@H]1OC(=O)N(Cc2cc(C)cc(C(F)(F)F)c2)[C@H]1C. The summed E-state index contributed by atoms with van der Waals surface area (Å²) in [5.41, 5.74) is 4.96. The Morgan fingerprint density at radius 3 is 2.35 bits per heavy atom. The number of hydrogen-bond donors (Lipinski definition) is 0. The highest BCUT2D eigenvalue weighted by atomic mass is 19.4. The van der Waals surface area contributed by atoms with Crippen LogP contribution in [0.3, 0.4) is 0 Å². The molecule has 0 N–H and O–H groups in total. The minimum absolute atomic E-state index is 0.0224. The zero-order valence-corrected chi connectivity index (χ0v) is 21.9. The van der Waals surface area contributed by atoms with Gasteiger partial charge < -0.3 is 9.47 Å². The summed E-state index contributed by atoms with van der Waals surface area (Å²) in [7, 11) is 1.62. The lowest BCUT2D eigenvalue weighted by molar-refractivity contribution is -0.137. The third kappa shape index (κ3) is 5.45. The van der Waals surface area contributed by atoms with Crippen LogP contribution in [0.4, 0.5) is 18.0 Å². The first-order valence-corrected chi connectivity index (χ1v) is 12.3. The Morgan fingerprint density at radius 1 is 0.973 bits per heavy atom. The van der Waals surface area contributed by atoms with E-state index in [4.69, 9.17) is 9.47 Å². The minimum Gasteiger partial charge on any atom is -0.496 e. The standard InChI is InChI=1S/C30H32F3NO3/c1-17(2)22-8-10-27(36-6)25(15-22)24-9-7-18(3)13-26(24)28-20(5)34(29(35)37-28)16-21-11-19(4)12-23(14-21)30(31,32)33/h7-15,17,20,28H,16H2,1-6H3/t20-,28-/m0/s1. The Labute approximate surface area is 216 Å². The number of amides is 1. The summed E-state index contributed by atoms with van der Waals surface area (Å²) in [4.78, 5) is 14.5. The highest BCUT2D eigenvalue weighted by molar-refractivity contribution is 5.77. The van der Waals surface area contributed by atoms with Gasteiger partial charge in [-0.15, -0.1) is 0 Å². The number of carbonyl (C=O) groups excluding carboxylic acids is 1. The van der Waals surface area contributed by atoms with Crippen LogP contribution in [0, 0.1) is 13.8 Å². The van der Waals surface area contributed by atoms with Gasteiger partial charge in [0.05, 0.1) is 18.7 Å². The molecule has 7 heteroatoms. The summed E-state index contributed by atoms with van der Waals surface area (Å²) in [5, 5.41) is 0. The van der Waals surface area contributed by atoms with E-state index in [0.717, 1.165) is 39.9 Å².